The van der Waals surface area contributed by atoms with Crippen molar-refractivity contribution in [3.63, 3.8) is 0 Å². The van der Waals surface area contributed by atoms with Gasteiger partial charge in [0.15, 0.2) is 0 Å². The fourth-order valence-corrected chi connectivity index (χ4v) is 2.32. The number of nitrogens with two attached hydrogens (primary N) is 1. The SMILES string of the molecule is CN(C(=O)C1(CN)CCC1)c1cc(F)ccc1F. The molecule has 0 aromatic heterocycles. The number of carbonyl (C=O) groups excluding carboxylic acids is 1. The molecule has 0 radical (unpaired) electrons. The third-order valence-electron chi connectivity index (χ3n) is 3.73. The van der Waals surface area contributed by atoms with E-state index in [1.54, 1.807) is 0 Å². The van der Waals surface area contributed by atoms with E-state index in [0.717, 1.165) is 24.6 Å². The Labute approximate surface area is 105 Å². The summed E-state index contributed by atoms with van der Waals surface area (Å²) < 4.78 is 26.7. The van der Waals surface area contributed by atoms with Crippen molar-refractivity contribution in [3.8, 4) is 0 Å². The second-order valence-corrected chi connectivity index (χ2v) is 4.80. The van der Waals surface area contributed by atoms with Crippen molar-refractivity contribution in [3.05, 3.63) is 29.8 Å². The molecule has 0 atom stereocenters. The van der Waals surface area contributed by atoms with Gasteiger partial charge >= 0.3 is 0 Å². The zero-order valence-electron chi connectivity index (χ0n) is 10.2. The van der Waals surface area contributed by atoms with Crippen molar-refractivity contribution in [2.75, 3.05) is 18.5 Å². The van der Waals surface area contributed by atoms with Crippen molar-refractivity contribution in [2.45, 2.75) is 19.3 Å². The van der Waals surface area contributed by atoms with Gasteiger partial charge in [-0.25, -0.2) is 8.78 Å². The third kappa shape index (κ3) is 1.99. The smallest absolute Gasteiger partial charge is 0.234 e. The van der Waals surface area contributed by atoms with Crippen molar-refractivity contribution >= 4 is 11.6 Å². The summed E-state index contributed by atoms with van der Waals surface area (Å²) in [6.07, 6.45) is 2.37. The van der Waals surface area contributed by atoms with Gasteiger partial charge in [-0.05, 0) is 25.0 Å². The zero-order valence-corrected chi connectivity index (χ0v) is 10.2. The Morgan fingerprint density at radius 2 is 2.11 bits per heavy atom. The minimum absolute atomic E-state index is 0.0419. The first kappa shape index (κ1) is 13.0. The minimum Gasteiger partial charge on any atom is -0.329 e. The first-order chi connectivity index (χ1) is 8.50. The van der Waals surface area contributed by atoms with E-state index in [1.165, 1.54) is 11.9 Å². The number of halogens is 2. The van der Waals surface area contributed by atoms with Crippen LogP contribution in [-0.2, 0) is 4.79 Å². The predicted octanol–water partition coefficient (Wildman–Crippen LogP) is 2.06. The molecule has 3 nitrogen and oxygen atoms in total. The van der Waals surface area contributed by atoms with Crippen LogP contribution in [0.25, 0.3) is 0 Å². The van der Waals surface area contributed by atoms with Gasteiger partial charge in [-0.15, -0.1) is 0 Å². The molecule has 1 aliphatic rings. The number of carbonyl (C=O) groups is 1. The minimum atomic E-state index is -0.612. The highest BCUT2D eigenvalue weighted by Crippen LogP contribution is 2.42. The lowest BCUT2D eigenvalue weighted by Crippen LogP contribution is -2.51. The van der Waals surface area contributed by atoms with E-state index in [4.69, 9.17) is 5.73 Å². The lowest BCUT2D eigenvalue weighted by atomic mass is 9.68. The zero-order chi connectivity index (χ0) is 13.3. The van der Waals surface area contributed by atoms with Gasteiger partial charge in [0.25, 0.3) is 0 Å². The molecule has 2 N–H and O–H groups in total. The molecule has 0 bridgehead atoms. The maximum Gasteiger partial charge on any atom is 0.234 e. The fourth-order valence-electron chi connectivity index (χ4n) is 2.32. The van der Waals surface area contributed by atoms with E-state index in [-0.39, 0.29) is 18.1 Å². The highest BCUT2D eigenvalue weighted by atomic mass is 19.1. The van der Waals surface area contributed by atoms with Crippen molar-refractivity contribution in [1.29, 1.82) is 0 Å². The van der Waals surface area contributed by atoms with Gasteiger partial charge in [0, 0.05) is 19.7 Å². The molecule has 1 amide bonds. The average Bonchev–Trinajstić information content (AvgIpc) is 2.30. The third-order valence-corrected chi connectivity index (χ3v) is 3.73. The maximum atomic E-state index is 13.6. The molecule has 98 valence electrons. The van der Waals surface area contributed by atoms with Crippen LogP contribution in [-0.4, -0.2) is 19.5 Å². The molecule has 1 aromatic carbocycles. The summed E-state index contributed by atoms with van der Waals surface area (Å²) in [6, 6.07) is 3.07. The van der Waals surface area contributed by atoms with E-state index >= 15 is 0 Å². The van der Waals surface area contributed by atoms with Gasteiger partial charge in [0.1, 0.15) is 11.6 Å². The molecule has 1 saturated carbocycles. The number of benzene rings is 1. The molecular formula is C13H16F2N2O. The largest absolute Gasteiger partial charge is 0.329 e. The Morgan fingerprint density at radius 1 is 1.44 bits per heavy atom. The first-order valence-corrected chi connectivity index (χ1v) is 5.93. The summed E-state index contributed by atoms with van der Waals surface area (Å²) in [6.45, 7) is 0.243. The molecule has 2 rings (SSSR count). The highest BCUT2D eigenvalue weighted by molar-refractivity contribution is 5.98. The topological polar surface area (TPSA) is 46.3 Å². The number of anilines is 1. The molecule has 1 aromatic rings. The van der Waals surface area contributed by atoms with Gasteiger partial charge in [0.05, 0.1) is 11.1 Å². The lowest BCUT2D eigenvalue weighted by molar-refractivity contribution is -0.132. The van der Waals surface area contributed by atoms with Crippen molar-refractivity contribution in [2.24, 2.45) is 11.1 Å². The molecule has 0 spiro atoms. The number of hydrogen-bond acceptors (Lipinski definition) is 2. The summed E-state index contributed by atoms with van der Waals surface area (Å²) in [5.74, 6) is -1.42. The number of amides is 1. The van der Waals surface area contributed by atoms with Crippen molar-refractivity contribution < 1.29 is 13.6 Å². The Bertz CT molecular complexity index is 467. The van der Waals surface area contributed by atoms with Gasteiger partial charge in [-0.1, -0.05) is 6.42 Å². The quantitative estimate of drug-likeness (QED) is 0.897. The summed E-state index contributed by atoms with van der Waals surface area (Å²) in [5.41, 5.74) is 5.01. The van der Waals surface area contributed by atoms with E-state index in [2.05, 4.69) is 0 Å². The standard InChI is InChI=1S/C13H16F2N2O/c1-17(11-7-9(14)3-4-10(11)15)12(18)13(8-16)5-2-6-13/h3-4,7H,2,5-6,8,16H2,1H3. The summed E-state index contributed by atoms with van der Waals surface area (Å²) in [5, 5.41) is 0. The Balaban J connectivity index is 2.28. The van der Waals surface area contributed by atoms with Crippen LogP contribution in [0.15, 0.2) is 18.2 Å². The number of nitrogens with zero attached hydrogens (tertiary/aromatic N) is 1. The van der Waals surface area contributed by atoms with Crippen LogP contribution in [0.2, 0.25) is 0 Å². The number of rotatable bonds is 3. The molecule has 0 unspecified atom stereocenters. The molecule has 1 fully saturated rings. The van der Waals surface area contributed by atoms with Crippen LogP contribution >= 0.6 is 0 Å². The van der Waals surface area contributed by atoms with Gasteiger partial charge in [0.2, 0.25) is 5.91 Å². The van der Waals surface area contributed by atoms with Crippen molar-refractivity contribution in [1.82, 2.24) is 0 Å². The predicted molar refractivity (Wildman–Crippen MR) is 65.1 cm³/mol. The summed E-state index contributed by atoms with van der Waals surface area (Å²) in [7, 11) is 1.45. The molecular weight excluding hydrogens is 238 g/mol. The van der Waals surface area contributed by atoms with E-state index in [0.29, 0.717) is 12.8 Å². The van der Waals surface area contributed by atoms with Crippen LogP contribution < -0.4 is 10.6 Å². The Morgan fingerprint density at radius 3 is 2.61 bits per heavy atom. The molecule has 5 heteroatoms. The van der Waals surface area contributed by atoms with Crippen LogP contribution in [0.4, 0.5) is 14.5 Å². The molecule has 0 heterocycles. The monoisotopic (exact) mass is 254 g/mol. The summed E-state index contributed by atoms with van der Waals surface area (Å²) in [4.78, 5) is 13.5. The normalized spacial score (nSPS) is 17.1. The molecule has 1 aliphatic carbocycles. The van der Waals surface area contributed by atoms with Gasteiger partial charge < -0.3 is 10.6 Å². The second-order valence-electron chi connectivity index (χ2n) is 4.80. The average molecular weight is 254 g/mol. The van der Waals surface area contributed by atoms with Crippen LogP contribution in [0.5, 0.6) is 0 Å². The first-order valence-electron chi connectivity index (χ1n) is 5.93. The lowest BCUT2D eigenvalue weighted by Gasteiger charge is -2.41. The number of hydrogen-bond donors (Lipinski definition) is 1. The van der Waals surface area contributed by atoms with E-state index < -0.39 is 17.0 Å². The summed E-state index contributed by atoms with van der Waals surface area (Å²) >= 11 is 0. The Kier molecular flexibility index (Phi) is 3.34. The Hall–Kier alpha value is -1.49. The van der Waals surface area contributed by atoms with Gasteiger partial charge in [-0.2, -0.15) is 0 Å². The maximum absolute atomic E-state index is 13.6. The van der Waals surface area contributed by atoms with Crippen LogP contribution in [0.3, 0.4) is 0 Å². The highest BCUT2D eigenvalue weighted by Gasteiger charge is 2.44. The van der Waals surface area contributed by atoms with Gasteiger partial charge in [-0.3, -0.25) is 4.79 Å². The van der Waals surface area contributed by atoms with E-state index in [1.807, 2.05) is 0 Å². The molecule has 18 heavy (non-hydrogen) atoms. The fraction of sp³-hybridized carbons (Fsp3) is 0.462. The molecule has 0 aliphatic heterocycles. The van der Waals surface area contributed by atoms with E-state index in [9.17, 15) is 13.6 Å². The molecule has 0 saturated heterocycles. The van der Waals surface area contributed by atoms with Crippen LogP contribution in [0.1, 0.15) is 19.3 Å². The van der Waals surface area contributed by atoms with Crippen LogP contribution in [0, 0.1) is 17.0 Å². The second kappa shape index (κ2) is 4.65.